The van der Waals surface area contributed by atoms with Crippen LogP contribution in [-0.2, 0) is 0 Å². The Balaban J connectivity index is 4.63. The third-order valence-electron chi connectivity index (χ3n) is 6.22. The Morgan fingerprint density at radius 3 is 1.62 bits per heavy atom. The van der Waals surface area contributed by atoms with Crippen LogP contribution in [0.2, 0.25) is 0 Å². The predicted molar refractivity (Wildman–Crippen MR) is 109 cm³/mol. The Hall–Kier alpha value is -0.120. The summed E-state index contributed by atoms with van der Waals surface area (Å²) in [5, 5.41) is 7.58. The number of hydrogen-bond donors (Lipinski definition) is 3. The van der Waals surface area contributed by atoms with Gasteiger partial charge < -0.3 is 16.4 Å². The van der Waals surface area contributed by atoms with Crippen molar-refractivity contribution in [3.63, 3.8) is 0 Å². The molecule has 0 radical (unpaired) electrons. The van der Waals surface area contributed by atoms with Gasteiger partial charge in [0.15, 0.2) is 0 Å². The molecule has 146 valence electrons. The third-order valence-corrected chi connectivity index (χ3v) is 6.22. The molecule has 1 unspecified atom stereocenters. The Morgan fingerprint density at radius 1 is 0.792 bits per heavy atom. The summed E-state index contributed by atoms with van der Waals surface area (Å²) in [5.41, 5.74) is 6.66. The van der Waals surface area contributed by atoms with E-state index in [0.717, 1.165) is 19.4 Å². The van der Waals surface area contributed by atoms with E-state index in [-0.39, 0.29) is 27.4 Å². The van der Waals surface area contributed by atoms with Crippen LogP contribution in [0.15, 0.2) is 0 Å². The highest BCUT2D eigenvalue weighted by Crippen LogP contribution is 2.37. The molecule has 0 heterocycles. The lowest BCUT2D eigenvalue weighted by molar-refractivity contribution is 0.102. The van der Waals surface area contributed by atoms with Crippen molar-refractivity contribution in [2.45, 2.75) is 119 Å². The molecule has 0 amide bonds. The van der Waals surface area contributed by atoms with E-state index in [4.69, 9.17) is 5.73 Å². The third kappa shape index (κ3) is 7.41. The van der Waals surface area contributed by atoms with Crippen LogP contribution in [-0.4, -0.2) is 29.2 Å². The van der Waals surface area contributed by atoms with Crippen molar-refractivity contribution in [2.75, 3.05) is 6.54 Å². The monoisotopic (exact) mass is 341 g/mol. The summed E-state index contributed by atoms with van der Waals surface area (Å²) in [6.07, 6.45) is 2.10. The second-order valence-electron chi connectivity index (χ2n) is 11.3. The first kappa shape index (κ1) is 23.9. The summed E-state index contributed by atoms with van der Waals surface area (Å²) in [7, 11) is 0. The topological polar surface area (TPSA) is 50.1 Å². The molecule has 0 fully saturated rings. The zero-order valence-corrected chi connectivity index (χ0v) is 18.8. The molecular weight excluding hydrogens is 294 g/mol. The van der Waals surface area contributed by atoms with E-state index in [9.17, 15) is 0 Å². The minimum absolute atomic E-state index is 0.0304. The largest absolute Gasteiger partial charge is 0.326 e. The molecule has 4 N–H and O–H groups in total. The number of nitrogens with two attached hydrogens (primary N) is 1. The first-order chi connectivity index (χ1) is 10.3. The molecule has 0 saturated carbocycles. The fraction of sp³-hybridized carbons (Fsp3) is 1.00. The lowest BCUT2D eigenvalue weighted by Gasteiger charge is -2.47. The Labute approximate surface area is 152 Å². The van der Waals surface area contributed by atoms with Gasteiger partial charge in [0, 0.05) is 22.7 Å². The molecule has 1 atom stereocenters. The molecule has 3 heteroatoms. The van der Waals surface area contributed by atoms with Gasteiger partial charge in [0.2, 0.25) is 0 Å². The van der Waals surface area contributed by atoms with Gasteiger partial charge in [-0.2, -0.15) is 0 Å². The van der Waals surface area contributed by atoms with Crippen molar-refractivity contribution < 1.29 is 0 Å². The smallest absolute Gasteiger partial charge is 0.0179 e. The molecule has 0 aromatic heterocycles. The molecule has 0 bridgehead atoms. The van der Waals surface area contributed by atoms with E-state index in [1.165, 1.54) is 0 Å². The van der Waals surface area contributed by atoms with Crippen LogP contribution in [0.1, 0.15) is 95.9 Å². The number of rotatable bonds is 9. The average Bonchev–Trinajstić information content (AvgIpc) is 2.22. The van der Waals surface area contributed by atoms with E-state index in [1.54, 1.807) is 0 Å². The van der Waals surface area contributed by atoms with Crippen molar-refractivity contribution in [3.05, 3.63) is 0 Å². The van der Waals surface area contributed by atoms with Gasteiger partial charge in [-0.3, -0.25) is 0 Å². The molecule has 0 aliphatic heterocycles. The van der Waals surface area contributed by atoms with Crippen molar-refractivity contribution in [1.29, 1.82) is 0 Å². The highest BCUT2D eigenvalue weighted by atomic mass is 15.0. The van der Waals surface area contributed by atoms with Gasteiger partial charge >= 0.3 is 0 Å². The average molecular weight is 342 g/mol. The van der Waals surface area contributed by atoms with Crippen molar-refractivity contribution in [3.8, 4) is 0 Å². The maximum absolute atomic E-state index is 6.28. The van der Waals surface area contributed by atoms with Gasteiger partial charge in [0.1, 0.15) is 0 Å². The fourth-order valence-electron chi connectivity index (χ4n) is 3.11. The zero-order valence-electron chi connectivity index (χ0n) is 18.8. The maximum Gasteiger partial charge on any atom is 0.0179 e. The molecule has 0 spiro atoms. The molecule has 24 heavy (non-hydrogen) atoms. The normalized spacial score (nSPS) is 16.4. The number of nitrogens with one attached hydrogen (secondary N) is 2. The maximum atomic E-state index is 6.28. The van der Waals surface area contributed by atoms with Crippen molar-refractivity contribution in [1.82, 2.24) is 10.6 Å². The fourth-order valence-corrected chi connectivity index (χ4v) is 3.11. The van der Waals surface area contributed by atoms with Gasteiger partial charge in [-0.15, -0.1) is 0 Å². The van der Waals surface area contributed by atoms with Crippen LogP contribution < -0.4 is 16.4 Å². The van der Waals surface area contributed by atoms with E-state index in [0.29, 0.717) is 6.04 Å². The molecule has 3 nitrogen and oxygen atoms in total. The molecular formula is C21H47N3. The van der Waals surface area contributed by atoms with Crippen molar-refractivity contribution >= 4 is 0 Å². The van der Waals surface area contributed by atoms with Crippen LogP contribution in [0.25, 0.3) is 0 Å². The minimum Gasteiger partial charge on any atom is -0.326 e. The van der Waals surface area contributed by atoms with E-state index in [1.807, 2.05) is 0 Å². The van der Waals surface area contributed by atoms with E-state index in [2.05, 4.69) is 93.7 Å². The highest BCUT2D eigenvalue weighted by molar-refractivity contribution is 4.98. The Kier molecular flexibility index (Phi) is 7.60. The van der Waals surface area contributed by atoms with Gasteiger partial charge in [0.05, 0.1) is 0 Å². The summed E-state index contributed by atoms with van der Waals surface area (Å²) in [4.78, 5) is 0. The number of hydrogen-bond acceptors (Lipinski definition) is 3. The molecule has 0 aliphatic carbocycles. The van der Waals surface area contributed by atoms with Crippen LogP contribution in [0.3, 0.4) is 0 Å². The van der Waals surface area contributed by atoms with Gasteiger partial charge in [-0.1, -0.05) is 34.6 Å². The SMILES string of the molecule is CC(CCNC(C)(C)C(C)(C)C)NC(C)(C)C(C)(C)CC(C)(C)N. The quantitative estimate of drug-likeness (QED) is 0.569. The molecule has 0 saturated heterocycles. The van der Waals surface area contributed by atoms with E-state index < -0.39 is 0 Å². The van der Waals surface area contributed by atoms with Crippen LogP contribution >= 0.6 is 0 Å². The van der Waals surface area contributed by atoms with Crippen LogP contribution in [0.5, 0.6) is 0 Å². The lowest BCUT2D eigenvalue weighted by atomic mass is 9.68. The first-order valence-electron chi connectivity index (χ1n) is 9.62. The summed E-state index contributed by atoms with van der Waals surface area (Å²) >= 11 is 0. The minimum atomic E-state index is -0.149. The van der Waals surface area contributed by atoms with Crippen molar-refractivity contribution in [2.24, 2.45) is 16.6 Å². The first-order valence-corrected chi connectivity index (χ1v) is 9.62. The second kappa shape index (κ2) is 7.63. The van der Waals surface area contributed by atoms with Gasteiger partial charge in [0.25, 0.3) is 0 Å². The molecule has 0 rings (SSSR count). The predicted octanol–water partition coefficient (Wildman–Crippen LogP) is 4.70. The molecule has 0 aliphatic rings. The van der Waals surface area contributed by atoms with Crippen LogP contribution in [0.4, 0.5) is 0 Å². The zero-order chi connectivity index (χ0) is 19.6. The van der Waals surface area contributed by atoms with Gasteiger partial charge in [-0.05, 0) is 78.7 Å². The Bertz CT molecular complexity index is 381. The van der Waals surface area contributed by atoms with Gasteiger partial charge in [-0.25, -0.2) is 0 Å². The summed E-state index contributed by atoms with van der Waals surface area (Å²) < 4.78 is 0. The standard InChI is InChI=1S/C21H47N3/c1-16(13-14-23-20(9,10)17(2,3)4)24-21(11,12)18(5,6)15-19(7,8)22/h16,23-24H,13-15,22H2,1-12H3. The molecule has 0 aromatic carbocycles. The second-order valence-corrected chi connectivity index (χ2v) is 11.3. The molecule has 0 aromatic rings. The van der Waals surface area contributed by atoms with E-state index >= 15 is 0 Å². The summed E-state index contributed by atoms with van der Waals surface area (Å²) in [6, 6.07) is 0.462. The Morgan fingerprint density at radius 2 is 1.25 bits per heavy atom. The summed E-state index contributed by atoms with van der Waals surface area (Å²) in [6.45, 7) is 28.3. The van der Waals surface area contributed by atoms with Crippen LogP contribution in [0, 0.1) is 10.8 Å². The highest BCUT2D eigenvalue weighted by Gasteiger charge is 2.40. The lowest BCUT2D eigenvalue weighted by Crippen LogP contribution is -2.58. The summed E-state index contributed by atoms with van der Waals surface area (Å²) in [5.74, 6) is 0.